The van der Waals surface area contributed by atoms with Gasteiger partial charge >= 0.3 is 12.3 Å². The van der Waals surface area contributed by atoms with Crippen molar-refractivity contribution in [3.63, 3.8) is 0 Å². The van der Waals surface area contributed by atoms with E-state index in [2.05, 4.69) is 5.32 Å². The van der Waals surface area contributed by atoms with E-state index in [-0.39, 0.29) is 42.7 Å². The number of nitrogens with zero attached hydrogens (tertiary/aromatic N) is 2. The van der Waals surface area contributed by atoms with Crippen molar-refractivity contribution in [1.29, 1.82) is 0 Å². The summed E-state index contributed by atoms with van der Waals surface area (Å²) in [6, 6.07) is 10.8. The number of hydrogen-bond acceptors (Lipinski definition) is 6. The molecule has 2 fully saturated rings. The lowest BCUT2D eigenvalue weighted by atomic mass is 9.95. The van der Waals surface area contributed by atoms with Crippen LogP contribution in [0.25, 0.3) is 0 Å². The summed E-state index contributed by atoms with van der Waals surface area (Å²) in [4.78, 5) is 54.2. The van der Waals surface area contributed by atoms with E-state index >= 15 is 0 Å². The van der Waals surface area contributed by atoms with Crippen LogP contribution in [0.15, 0.2) is 48.5 Å². The quantitative estimate of drug-likeness (QED) is 0.511. The zero-order valence-corrected chi connectivity index (χ0v) is 21.7. The minimum Gasteiger partial charge on any atom is -0.435 e. The Hall–Kier alpha value is -3.93. The fraction of sp³-hybridized carbons (Fsp3) is 0.429. The lowest BCUT2D eigenvalue weighted by Crippen LogP contribution is -2.47. The molecule has 3 N–H and O–H groups in total. The normalized spacial score (nSPS) is 21.7. The lowest BCUT2D eigenvalue weighted by molar-refractivity contribution is -0.159. The molecule has 0 unspecified atom stereocenters. The Labute approximate surface area is 228 Å². The Morgan fingerprint density at radius 3 is 2.52 bits per heavy atom. The molecule has 1 saturated carbocycles. The molecule has 1 heterocycles. The van der Waals surface area contributed by atoms with Crippen LogP contribution < -0.4 is 11.1 Å². The van der Waals surface area contributed by atoms with E-state index in [0.29, 0.717) is 18.0 Å². The van der Waals surface area contributed by atoms with Gasteiger partial charge in [0.2, 0.25) is 5.91 Å². The Morgan fingerprint density at radius 2 is 1.88 bits per heavy atom. The third-order valence-electron chi connectivity index (χ3n) is 7.78. The summed E-state index contributed by atoms with van der Waals surface area (Å²) in [5.74, 6) is -1.70. The fourth-order valence-corrected chi connectivity index (χ4v) is 5.38. The molecule has 2 aliphatic carbocycles. The largest absolute Gasteiger partial charge is 0.435 e. The molecule has 3 amide bonds. The number of carbonyl (C=O) groups excluding carboxylic acids is 4. The molecule has 1 aliphatic heterocycles. The maximum atomic E-state index is 13.5. The van der Waals surface area contributed by atoms with E-state index in [9.17, 15) is 32.3 Å². The van der Waals surface area contributed by atoms with E-state index in [0.717, 1.165) is 18.4 Å². The number of ether oxygens (including phenoxy) is 1. The third kappa shape index (κ3) is 5.40. The summed E-state index contributed by atoms with van der Waals surface area (Å²) in [6.07, 6.45) is -3.77. The smallest absolute Gasteiger partial charge is 0.412 e. The number of Topliss-reactive ketones (excluding diaryl/α,β-unsaturated/α-hetero) is 1. The first-order valence-electron chi connectivity index (χ1n) is 13.0. The van der Waals surface area contributed by atoms with Crippen molar-refractivity contribution in [2.45, 2.75) is 56.6 Å². The van der Waals surface area contributed by atoms with Crippen LogP contribution in [0.4, 0.5) is 23.7 Å². The van der Waals surface area contributed by atoms with Gasteiger partial charge in [0.25, 0.3) is 5.91 Å². The molecule has 212 valence electrons. The van der Waals surface area contributed by atoms with Crippen molar-refractivity contribution >= 4 is 29.4 Å². The average Bonchev–Trinajstić information content (AvgIpc) is 3.66. The summed E-state index contributed by atoms with van der Waals surface area (Å²) >= 11 is 0. The second kappa shape index (κ2) is 10.2. The van der Waals surface area contributed by atoms with Gasteiger partial charge in [0.05, 0.1) is 13.0 Å². The van der Waals surface area contributed by atoms with Gasteiger partial charge in [-0.2, -0.15) is 13.2 Å². The van der Waals surface area contributed by atoms with Gasteiger partial charge < -0.3 is 20.7 Å². The summed E-state index contributed by atoms with van der Waals surface area (Å²) in [7, 11) is 0. The predicted molar refractivity (Wildman–Crippen MR) is 137 cm³/mol. The summed E-state index contributed by atoms with van der Waals surface area (Å²) in [5, 5.41) is 2.07. The number of amides is 3. The first kappa shape index (κ1) is 27.6. The highest BCUT2D eigenvalue weighted by Gasteiger charge is 2.54. The molecule has 0 aromatic heterocycles. The molecule has 2 aromatic carbocycles. The van der Waals surface area contributed by atoms with Crippen molar-refractivity contribution in [2.24, 2.45) is 11.7 Å². The van der Waals surface area contributed by atoms with Crippen LogP contribution in [0.5, 0.6) is 0 Å². The van der Waals surface area contributed by atoms with Crippen molar-refractivity contribution in [3.05, 3.63) is 65.2 Å². The Bertz CT molecular complexity index is 1350. The lowest BCUT2D eigenvalue weighted by Gasteiger charge is -2.31. The molecular formula is C28H29F3N4O5. The standard InChI is InChI=1S/C28H29F3N4O5/c1-16(18-7-8-18)35(13-17-5-3-2-4-6-17)23(37)14-34-15-27(40-26(34)39)12-22(36)20-11-19(9-10-21(20)27)33-25(38)24(32)28(29,30)31/h2-6,9-11,16,18,24H,7-8,12-15,32H2,1H3,(H,33,38)/t16-,24-,27-/m0/s1. The van der Waals surface area contributed by atoms with Crippen LogP contribution in [0, 0.1) is 5.92 Å². The van der Waals surface area contributed by atoms with Crippen LogP contribution >= 0.6 is 0 Å². The minimum absolute atomic E-state index is 0.00632. The van der Waals surface area contributed by atoms with Crippen LogP contribution in [-0.4, -0.2) is 64.8 Å². The zero-order chi connectivity index (χ0) is 28.8. The van der Waals surface area contributed by atoms with Gasteiger partial charge in [0, 0.05) is 29.4 Å². The molecule has 1 spiro atoms. The molecule has 3 atom stereocenters. The van der Waals surface area contributed by atoms with E-state index in [1.54, 1.807) is 4.90 Å². The molecule has 40 heavy (non-hydrogen) atoms. The van der Waals surface area contributed by atoms with E-state index in [4.69, 9.17) is 10.5 Å². The summed E-state index contributed by atoms with van der Waals surface area (Å²) in [5.41, 5.74) is 5.03. The number of halogens is 3. The monoisotopic (exact) mass is 558 g/mol. The van der Waals surface area contributed by atoms with Crippen LogP contribution in [0.1, 0.15) is 47.7 Å². The third-order valence-corrected chi connectivity index (χ3v) is 7.78. The number of hydrogen-bond donors (Lipinski definition) is 2. The molecule has 1 saturated heterocycles. The van der Waals surface area contributed by atoms with Crippen molar-refractivity contribution in [1.82, 2.24) is 9.80 Å². The van der Waals surface area contributed by atoms with Crippen molar-refractivity contribution in [3.8, 4) is 0 Å². The van der Waals surface area contributed by atoms with E-state index in [1.807, 2.05) is 37.3 Å². The number of fused-ring (bicyclic) bond motifs is 2. The number of benzene rings is 2. The maximum Gasteiger partial charge on any atom is 0.412 e. The molecule has 2 aromatic rings. The Morgan fingerprint density at radius 1 is 1.18 bits per heavy atom. The number of nitrogens with one attached hydrogen (secondary N) is 1. The Balaban J connectivity index is 1.31. The number of anilines is 1. The SMILES string of the molecule is C[C@@H](C1CC1)N(Cc1ccccc1)C(=O)CN1C[C@]2(CC(=O)c3cc(NC(=O)[C@H](N)C(F)(F)F)ccc32)OC1=O. The zero-order valence-electron chi connectivity index (χ0n) is 21.7. The molecule has 0 bridgehead atoms. The number of nitrogens with two attached hydrogens (primary N) is 1. The predicted octanol–water partition coefficient (Wildman–Crippen LogP) is 3.58. The molecule has 5 rings (SSSR count). The molecule has 3 aliphatic rings. The minimum atomic E-state index is -4.92. The highest BCUT2D eigenvalue weighted by molar-refractivity contribution is 6.04. The molecule has 9 nitrogen and oxygen atoms in total. The average molecular weight is 559 g/mol. The second-order valence-electron chi connectivity index (χ2n) is 10.7. The van der Waals surface area contributed by atoms with Gasteiger partial charge in [0.1, 0.15) is 6.54 Å². The summed E-state index contributed by atoms with van der Waals surface area (Å²) in [6.45, 7) is 2.14. The van der Waals surface area contributed by atoms with Gasteiger partial charge in [-0.15, -0.1) is 0 Å². The van der Waals surface area contributed by atoms with Crippen LogP contribution in [0.2, 0.25) is 0 Å². The maximum absolute atomic E-state index is 13.5. The van der Waals surface area contributed by atoms with Gasteiger partial charge in [-0.25, -0.2) is 4.79 Å². The van der Waals surface area contributed by atoms with E-state index < -0.39 is 35.6 Å². The van der Waals surface area contributed by atoms with Crippen molar-refractivity contribution < 1.29 is 37.1 Å². The fourth-order valence-electron chi connectivity index (χ4n) is 5.38. The van der Waals surface area contributed by atoms with Gasteiger partial charge in [-0.05, 0) is 43.4 Å². The number of alkyl halides is 3. The summed E-state index contributed by atoms with van der Waals surface area (Å²) < 4.78 is 44.0. The van der Waals surface area contributed by atoms with E-state index in [1.165, 1.54) is 23.1 Å². The van der Waals surface area contributed by atoms with Crippen LogP contribution in [-0.2, 0) is 26.5 Å². The number of ketones is 1. The topological polar surface area (TPSA) is 122 Å². The molecular weight excluding hydrogens is 529 g/mol. The number of rotatable bonds is 8. The first-order valence-corrected chi connectivity index (χ1v) is 13.0. The van der Waals surface area contributed by atoms with Gasteiger partial charge in [-0.3, -0.25) is 19.3 Å². The highest BCUT2D eigenvalue weighted by Crippen LogP contribution is 2.45. The van der Waals surface area contributed by atoms with Gasteiger partial charge in [0.15, 0.2) is 17.4 Å². The first-order chi connectivity index (χ1) is 18.9. The molecule has 12 heteroatoms. The van der Waals surface area contributed by atoms with Crippen molar-refractivity contribution in [2.75, 3.05) is 18.4 Å². The number of carbonyl (C=O) groups is 4. The second-order valence-corrected chi connectivity index (χ2v) is 10.7. The van der Waals surface area contributed by atoms with Gasteiger partial charge in [-0.1, -0.05) is 36.4 Å². The highest BCUT2D eigenvalue weighted by atomic mass is 19.4. The van der Waals surface area contributed by atoms with Crippen LogP contribution in [0.3, 0.4) is 0 Å². The Kier molecular flexibility index (Phi) is 7.07. The molecule has 0 radical (unpaired) electrons.